The standard InChI is InChI=1S/C28H28FNO4/c1-27(2,32)25-15-23(34-22-11-12-22)13-14-24(25)18-3-5-19(6-4-18)28(16-33-17-28)26(31)30-21-9-7-20(29)8-10-21/h3-10,13-15,22,32H,11-12,16-17H2,1-2H3,(H,30,31). The third-order valence-corrected chi connectivity index (χ3v) is 6.46. The normalized spacial score (nSPS) is 17.1. The van der Waals surface area contributed by atoms with Crippen LogP contribution in [0.1, 0.15) is 37.8 Å². The van der Waals surface area contributed by atoms with E-state index in [2.05, 4.69) is 5.32 Å². The van der Waals surface area contributed by atoms with Gasteiger partial charge in [0.2, 0.25) is 5.91 Å². The molecular weight excluding hydrogens is 433 g/mol. The number of anilines is 1. The molecule has 1 amide bonds. The van der Waals surface area contributed by atoms with E-state index in [4.69, 9.17) is 9.47 Å². The van der Waals surface area contributed by atoms with E-state index in [0.29, 0.717) is 5.69 Å². The van der Waals surface area contributed by atoms with Gasteiger partial charge in [-0.1, -0.05) is 30.3 Å². The SMILES string of the molecule is CC(C)(O)c1cc(OC2CC2)ccc1-c1ccc(C2(C(=O)Nc3ccc(F)cc3)COC2)cc1. The Morgan fingerprint density at radius 3 is 2.29 bits per heavy atom. The highest BCUT2D eigenvalue weighted by molar-refractivity contribution is 6.00. The average Bonchev–Trinajstić information content (AvgIpc) is 3.59. The lowest BCUT2D eigenvalue weighted by atomic mass is 9.77. The number of hydrogen-bond donors (Lipinski definition) is 2. The van der Waals surface area contributed by atoms with E-state index in [-0.39, 0.29) is 31.0 Å². The van der Waals surface area contributed by atoms with Crippen molar-refractivity contribution < 1.29 is 23.8 Å². The Balaban J connectivity index is 1.41. The summed E-state index contributed by atoms with van der Waals surface area (Å²) < 4.78 is 24.6. The highest BCUT2D eigenvalue weighted by atomic mass is 19.1. The first-order valence-electron chi connectivity index (χ1n) is 11.5. The number of nitrogens with one attached hydrogen (secondary N) is 1. The zero-order valence-corrected chi connectivity index (χ0v) is 19.3. The smallest absolute Gasteiger partial charge is 0.239 e. The number of rotatable bonds is 7. The second-order valence-corrected chi connectivity index (χ2v) is 9.70. The van der Waals surface area contributed by atoms with Crippen LogP contribution in [0.25, 0.3) is 11.1 Å². The molecule has 1 aliphatic carbocycles. The van der Waals surface area contributed by atoms with Crippen LogP contribution in [-0.2, 0) is 20.5 Å². The van der Waals surface area contributed by atoms with Gasteiger partial charge in [0.1, 0.15) is 17.0 Å². The molecule has 1 aliphatic heterocycles. The number of benzene rings is 3. The van der Waals surface area contributed by atoms with Gasteiger partial charge in [-0.05, 0) is 85.3 Å². The van der Waals surface area contributed by atoms with Crippen LogP contribution < -0.4 is 10.1 Å². The van der Waals surface area contributed by atoms with Gasteiger partial charge in [0.25, 0.3) is 0 Å². The molecule has 3 aromatic carbocycles. The largest absolute Gasteiger partial charge is 0.490 e. The van der Waals surface area contributed by atoms with Crippen LogP contribution in [0.15, 0.2) is 66.7 Å². The summed E-state index contributed by atoms with van der Waals surface area (Å²) in [7, 11) is 0. The number of carbonyl (C=O) groups is 1. The second-order valence-electron chi connectivity index (χ2n) is 9.70. The van der Waals surface area contributed by atoms with Gasteiger partial charge in [0.15, 0.2) is 0 Å². The van der Waals surface area contributed by atoms with E-state index in [9.17, 15) is 14.3 Å². The first-order valence-corrected chi connectivity index (χ1v) is 11.5. The molecule has 0 spiro atoms. The molecule has 176 valence electrons. The molecule has 0 radical (unpaired) electrons. The molecule has 1 heterocycles. The van der Waals surface area contributed by atoms with Crippen molar-refractivity contribution in [2.75, 3.05) is 18.5 Å². The minimum absolute atomic E-state index is 0.183. The molecular formula is C28H28FNO4. The maximum absolute atomic E-state index is 13.2. The molecule has 6 heteroatoms. The van der Waals surface area contributed by atoms with Crippen molar-refractivity contribution in [1.29, 1.82) is 0 Å². The monoisotopic (exact) mass is 461 g/mol. The second kappa shape index (κ2) is 8.53. The number of ether oxygens (including phenoxy) is 2. The van der Waals surface area contributed by atoms with Crippen LogP contribution in [0, 0.1) is 5.82 Å². The average molecular weight is 462 g/mol. The summed E-state index contributed by atoms with van der Waals surface area (Å²) in [6.07, 6.45) is 2.42. The molecule has 0 bridgehead atoms. The molecule has 1 saturated heterocycles. The van der Waals surface area contributed by atoms with E-state index >= 15 is 0 Å². The lowest BCUT2D eigenvalue weighted by Crippen LogP contribution is -2.55. The van der Waals surface area contributed by atoms with Crippen LogP contribution in [0.2, 0.25) is 0 Å². The third kappa shape index (κ3) is 4.43. The molecule has 0 unspecified atom stereocenters. The van der Waals surface area contributed by atoms with Gasteiger partial charge in [0, 0.05) is 5.69 Å². The first kappa shape index (κ1) is 22.6. The van der Waals surface area contributed by atoms with Crippen LogP contribution in [0.4, 0.5) is 10.1 Å². The third-order valence-electron chi connectivity index (χ3n) is 6.46. The Morgan fingerprint density at radius 1 is 1.06 bits per heavy atom. The summed E-state index contributed by atoms with van der Waals surface area (Å²) in [5, 5.41) is 13.7. The summed E-state index contributed by atoms with van der Waals surface area (Å²) in [4.78, 5) is 13.1. The van der Waals surface area contributed by atoms with Crippen molar-refractivity contribution in [2.24, 2.45) is 0 Å². The zero-order valence-electron chi connectivity index (χ0n) is 19.3. The van der Waals surface area contributed by atoms with Gasteiger partial charge < -0.3 is 19.9 Å². The molecule has 5 nitrogen and oxygen atoms in total. The lowest BCUT2D eigenvalue weighted by Gasteiger charge is -2.40. The van der Waals surface area contributed by atoms with Gasteiger partial charge in [-0.15, -0.1) is 0 Å². The maximum Gasteiger partial charge on any atom is 0.239 e. The predicted molar refractivity (Wildman–Crippen MR) is 128 cm³/mol. The molecule has 3 aromatic rings. The molecule has 2 fully saturated rings. The van der Waals surface area contributed by atoms with Gasteiger partial charge in [-0.2, -0.15) is 0 Å². The van der Waals surface area contributed by atoms with Crippen molar-refractivity contribution in [3.8, 4) is 16.9 Å². The fourth-order valence-electron chi connectivity index (χ4n) is 4.22. The van der Waals surface area contributed by atoms with Gasteiger partial charge in [0.05, 0.1) is 24.9 Å². The Kier molecular flexibility index (Phi) is 5.66. The number of aliphatic hydroxyl groups is 1. The fraction of sp³-hybridized carbons (Fsp3) is 0.321. The van der Waals surface area contributed by atoms with Crippen molar-refractivity contribution in [1.82, 2.24) is 0 Å². The predicted octanol–water partition coefficient (Wildman–Crippen LogP) is 5.17. The maximum atomic E-state index is 13.2. The van der Waals surface area contributed by atoms with Crippen molar-refractivity contribution in [3.05, 3.63) is 83.7 Å². The summed E-state index contributed by atoms with van der Waals surface area (Å²) in [5.74, 6) is 0.229. The van der Waals surface area contributed by atoms with Crippen molar-refractivity contribution >= 4 is 11.6 Å². The Morgan fingerprint density at radius 2 is 1.74 bits per heavy atom. The van der Waals surface area contributed by atoms with Gasteiger partial charge >= 0.3 is 0 Å². The van der Waals surface area contributed by atoms with E-state index in [0.717, 1.165) is 40.8 Å². The van der Waals surface area contributed by atoms with Crippen LogP contribution in [0.3, 0.4) is 0 Å². The zero-order chi connectivity index (χ0) is 23.9. The fourth-order valence-corrected chi connectivity index (χ4v) is 4.22. The summed E-state index contributed by atoms with van der Waals surface area (Å²) in [6, 6.07) is 19.3. The molecule has 1 saturated carbocycles. The number of amides is 1. The minimum atomic E-state index is -1.05. The summed E-state index contributed by atoms with van der Waals surface area (Å²) in [6.45, 7) is 4.09. The molecule has 2 N–H and O–H groups in total. The van der Waals surface area contributed by atoms with Gasteiger partial charge in [-0.3, -0.25) is 4.79 Å². The molecule has 0 atom stereocenters. The summed E-state index contributed by atoms with van der Waals surface area (Å²) >= 11 is 0. The molecule has 0 aromatic heterocycles. The van der Waals surface area contributed by atoms with Crippen LogP contribution in [0.5, 0.6) is 5.75 Å². The highest BCUT2D eigenvalue weighted by Gasteiger charge is 2.47. The number of halogens is 1. The van der Waals surface area contributed by atoms with E-state index in [1.54, 1.807) is 26.0 Å². The van der Waals surface area contributed by atoms with Crippen LogP contribution in [-0.4, -0.2) is 30.3 Å². The van der Waals surface area contributed by atoms with Crippen molar-refractivity contribution in [2.45, 2.75) is 43.8 Å². The minimum Gasteiger partial charge on any atom is -0.490 e. The lowest BCUT2D eigenvalue weighted by molar-refractivity contribution is -0.139. The molecule has 34 heavy (non-hydrogen) atoms. The topological polar surface area (TPSA) is 67.8 Å². The summed E-state index contributed by atoms with van der Waals surface area (Å²) in [5.41, 5.74) is 2.18. The van der Waals surface area contributed by atoms with Crippen LogP contribution >= 0.6 is 0 Å². The first-order chi connectivity index (χ1) is 16.2. The number of carbonyl (C=O) groups excluding carboxylic acids is 1. The van der Waals surface area contributed by atoms with Gasteiger partial charge in [-0.25, -0.2) is 4.39 Å². The molecule has 2 aliphatic rings. The van der Waals surface area contributed by atoms with E-state index < -0.39 is 11.0 Å². The quantitative estimate of drug-likeness (QED) is 0.510. The highest BCUT2D eigenvalue weighted by Crippen LogP contribution is 2.39. The Bertz CT molecular complexity index is 1190. The number of hydrogen-bond acceptors (Lipinski definition) is 4. The van der Waals surface area contributed by atoms with Crippen molar-refractivity contribution in [3.63, 3.8) is 0 Å². The Hall–Kier alpha value is -3.22. The Labute approximate surface area is 198 Å². The van der Waals surface area contributed by atoms with E-state index in [1.807, 2.05) is 42.5 Å². The molecule has 5 rings (SSSR count). The van der Waals surface area contributed by atoms with E-state index in [1.165, 1.54) is 12.1 Å².